The summed E-state index contributed by atoms with van der Waals surface area (Å²) in [6.07, 6.45) is 0. The number of para-hydroxylation sites is 2. The Morgan fingerprint density at radius 1 is 0.317 bits per heavy atom. The number of aromatic nitrogens is 5. The van der Waals surface area contributed by atoms with E-state index in [4.69, 9.17) is 15.0 Å². The Hall–Kier alpha value is -8.19. The van der Waals surface area contributed by atoms with Gasteiger partial charge in [-0.15, -0.1) is 11.3 Å². The van der Waals surface area contributed by atoms with Crippen LogP contribution in [0.15, 0.2) is 212 Å². The molecule has 0 fully saturated rings. The molecule has 4 heterocycles. The van der Waals surface area contributed by atoms with E-state index < -0.39 is 0 Å². The van der Waals surface area contributed by atoms with Gasteiger partial charge < -0.3 is 4.57 Å². The van der Waals surface area contributed by atoms with E-state index in [9.17, 15) is 0 Å². The first-order valence-electron chi connectivity index (χ1n) is 21.2. The molecule has 13 aromatic rings. The molecule has 0 atom stereocenters. The SMILES string of the molecule is c1ccc(-c2nc(-c3ccccc3)nc(-n3c4ccccc4c4ccc(-c5ccc6c(c5)c5ccccc5n6-c5ccc(-c6cccc7c6sc6ccccc67)cc5)cc43)n2)cc1. The lowest BCUT2D eigenvalue weighted by Gasteiger charge is -2.12. The number of fused-ring (bicyclic) bond motifs is 9. The quantitative estimate of drug-likeness (QED) is 0.168. The van der Waals surface area contributed by atoms with Crippen LogP contribution in [0.5, 0.6) is 0 Å². The van der Waals surface area contributed by atoms with Gasteiger partial charge in [0.05, 0.1) is 22.1 Å². The molecule has 9 aromatic carbocycles. The van der Waals surface area contributed by atoms with Crippen molar-refractivity contribution in [3.8, 4) is 56.7 Å². The van der Waals surface area contributed by atoms with E-state index in [0.717, 1.165) is 49.7 Å². The van der Waals surface area contributed by atoms with Gasteiger partial charge in [0.25, 0.3) is 0 Å². The lowest BCUT2D eigenvalue weighted by Crippen LogP contribution is -2.06. The Morgan fingerprint density at radius 2 is 0.857 bits per heavy atom. The highest BCUT2D eigenvalue weighted by atomic mass is 32.1. The number of hydrogen-bond acceptors (Lipinski definition) is 4. The summed E-state index contributed by atoms with van der Waals surface area (Å²) < 4.78 is 7.25. The molecule has 0 bridgehead atoms. The zero-order chi connectivity index (χ0) is 41.4. The van der Waals surface area contributed by atoms with Gasteiger partial charge in [-0.2, -0.15) is 9.97 Å². The van der Waals surface area contributed by atoms with Crippen molar-refractivity contribution in [1.82, 2.24) is 24.1 Å². The van der Waals surface area contributed by atoms with Gasteiger partial charge in [0.15, 0.2) is 11.6 Å². The molecule has 0 saturated carbocycles. The Kier molecular flexibility index (Phi) is 8.01. The lowest BCUT2D eigenvalue weighted by molar-refractivity contribution is 0.953. The number of benzene rings is 9. The fraction of sp³-hybridized carbons (Fsp3) is 0. The predicted molar refractivity (Wildman–Crippen MR) is 263 cm³/mol. The molecule has 4 aromatic heterocycles. The Balaban J connectivity index is 0.946. The molecular formula is C57H35N5S. The minimum absolute atomic E-state index is 0.580. The topological polar surface area (TPSA) is 48.5 Å². The molecule has 6 heteroatoms. The molecule has 5 nitrogen and oxygen atoms in total. The Morgan fingerprint density at radius 3 is 1.59 bits per heavy atom. The molecule has 0 aliphatic carbocycles. The van der Waals surface area contributed by atoms with E-state index in [2.05, 4.69) is 161 Å². The summed E-state index contributed by atoms with van der Waals surface area (Å²) in [4.78, 5) is 15.3. The van der Waals surface area contributed by atoms with Gasteiger partial charge in [-0.05, 0) is 70.8 Å². The smallest absolute Gasteiger partial charge is 0.238 e. The van der Waals surface area contributed by atoms with Crippen LogP contribution in [-0.4, -0.2) is 24.1 Å². The van der Waals surface area contributed by atoms with Crippen molar-refractivity contribution in [3.05, 3.63) is 212 Å². The molecule has 0 unspecified atom stereocenters. The first kappa shape index (κ1) is 35.6. The third kappa shape index (κ3) is 5.73. The third-order valence-electron chi connectivity index (χ3n) is 12.4. The maximum absolute atomic E-state index is 5.16. The maximum Gasteiger partial charge on any atom is 0.238 e. The molecule has 0 amide bonds. The molecule has 13 rings (SSSR count). The Labute approximate surface area is 366 Å². The van der Waals surface area contributed by atoms with Gasteiger partial charge in [0.2, 0.25) is 5.95 Å². The van der Waals surface area contributed by atoms with E-state index in [1.54, 1.807) is 0 Å². The lowest BCUT2D eigenvalue weighted by atomic mass is 10.0. The zero-order valence-corrected chi connectivity index (χ0v) is 34.7. The van der Waals surface area contributed by atoms with Gasteiger partial charge in [-0.1, -0.05) is 164 Å². The maximum atomic E-state index is 5.16. The van der Waals surface area contributed by atoms with Crippen molar-refractivity contribution < 1.29 is 0 Å². The highest BCUT2D eigenvalue weighted by Crippen LogP contribution is 2.42. The first-order valence-corrected chi connectivity index (χ1v) is 22.0. The average molecular weight is 822 g/mol. The van der Waals surface area contributed by atoms with Gasteiger partial charge in [-0.25, -0.2) is 4.98 Å². The van der Waals surface area contributed by atoms with Crippen LogP contribution in [0, 0.1) is 0 Å². The number of rotatable bonds is 6. The van der Waals surface area contributed by atoms with Crippen molar-refractivity contribution in [2.24, 2.45) is 0 Å². The summed E-state index contributed by atoms with van der Waals surface area (Å²) in [6, 6.07) is 75.7. The van der Waals surface area contributed by atoms with Crippen LogP contribution < -0.4 is 0 Å². The van der Waals surface area contributed by atoms with Gasteiger partial charge in [0, 0.05) is 58.5 Å². The molecule has 63 heavy (non-hydrogen) atoms. The number of nitrogens with zero attached hydrogens (tertiary/aromatic N) is 5. The van der Waals surface area contributed by atoms with Crippen LogP contribution in [0.3, 0.4) is 0 Å². The van der Waals surface area contributed by atoms with Crippen molar-refractivity contribution >= 4 is 75.1 Å². The fourth-order valence-electron chi connectivity index (χ4n) is 9.46. The van der Waals surface area contributed by atoms with E-state index in [1.807, 2.05) is 72.0 Å². The zero-order valence-electron chi connectivity index (χ0n) is 33.9. The van der Waals surface area contributed by atoms with Crippen LogP contribution in [0.25, 0.3) is 120 Å². The molecule has 0 saturated heterocycles. The summed E-state index contributed by atoms with van der Waals surface area (Å²) in [5.41, 5.74) is 12.2. The average Bonchev–Trinajstić information content (AvgIpc) is 4.02. The summed E-state index contributed by atoms with van der Waals surface area (Å²) in [5.74, 6) is 1.84. The first-order chi connectivity index (χ1) is 31.2. The van der Waals surface area contributed by atoms with Gasteiger partial charge in [0.1, 0.15) is 0 Å². The second-order valence-electron chi connectivity index (χ2n) is 16.0. The van der Waals surface area contributed by atoms with Gasteiger partial charge >= 0.3 is 0 Å². The van der Waals surface area contributed by atoms with Crippen LogP contribution in [-0.2, 0) is 0 Å². The minimum Gasteiger partial charge on any atom is -0.309 e. The van der Waals surface area contributed by atoms with E-state index in [-0.39, 0.29) is 0 Å². The summed E-state index contributed by atoms with van der Waals surface area (Å²) in [6.45, 7) is 0. The molecule has 0 aliphatic rings. The second-order valence-corrected chi connectivity index (χ2v) is 17.1. The normalized spacial score (nSPS) is 11.8. The van der Waals surface area contributed by atoms with Crippen molar-refractivity contribution in [3.63, 3.8) is 0 Å². The summed E-state index contributed by atoms with van der Waals surface area (Å²) in [5, 5.41) is 7.35. The monoisotopic (exact) mass is 821 g/mol. The minimum atomic E-state index is 0.580. The summed E-state index contributed by atoms with van der Waals surface area (Å²) in [7, 11) is 0. The number of hydrogen-bond donors (Lipinski definition) is 0. The summed E-state index contributed by atoms with van der Waals surface area (Å²) >= 11 is 1.87. The van der Waals surface area contributed by atoms with E-state index in [0.29, 0.717) is 17.6 Å². The molecule has 0 N–H and O–H groups in total. The van der Waals surface area contributed by atoms with Crippen LogP contribution in [0.2, 0.25) is 0 Å². The second kappa shape index (κ2) is 14.2. The highest BCUT2D eigenvalue weighted by molar-refractivity contribution is 7.26. The highest BCUT2D eigenvalue weighted by Gasteiger charge is 2.20. The fourth-order valence-corrected chi connectivity index (χ4v) is 10.7. The van der Waals surface area contributed by atoms with Crippen LogP contribution >= 0.6 is 11.3 Å². The molecular weight excluding hydrogens is 787 g/mol. The van der Waals surface area contributed by atoms with Crippen molar-refractivity contribution in [1.29, 1.82) is 0 Å². The third-order valence-corrected chi connectivity index (χ3v) is 13.6. The standard InChI is InChI=1S/C57H35N5S/c1-3-14-37(15-4-1)55-58-56(38-16-5-2-6-17-38)60-57(59-55)62-50-24-11-7-18-43(50)45-32-28-40(35-52(45)62)39-29-33-51-48(34-39)44-19-8-10-23-49(44)61(51)41-30-26-36(27-31-41)42-21-13-22-47-46-20-9-12-25-53(46)63-54(42)47/h1-35H. The largest absolute Gasteiger partial charge is 0.309 e. The van der Waals surface area contributed by atoms with Gasteiger partial charge in [-0.3, -0.25) is 4.57 Å². The predicted octanol–water partition coefficient (Wildman–Crippen LogP) is 15.1. The number of thiophene rings is 1. The Bertz CT molecular complexity index is 3840. The van der Waals surface area contributed by atoms with E-state index in [1.165, 1.54) is 53.1 Å². The van der Waals surface area contributed by atoms with Crippen molar-refractivity contribution in [2.75, 3.05) is 0 Å². The molecule has 0 radical (unpaired) electrons. The van der Waals surface area contributed by atoms with Crippen molar-refractivity contribution in [2.45, 2.75) is 0 Å². The van der Waals surface area contributed by atoms with E-state index >= 15 is 0 Å². The molecule has 0 aliphatic heterocycles. The van der Waals surface area contributed by atoms with Crippen LogP contribution in [0.1, 0.15) is 0 Å². The molecule has 0 spiro atoms. The van der Waals surface area contributed by atoms with Crippen LogP contribution in [0.4, 0.5) is 0 Å². The molecule has 294 valence electrons.